The van der Waals surface area contributed by atoms with E-state index in [4.69, 9.17) is 0 Å². The molecule has 0 saturated carbocycles. The first kappa shape index (κ1) is 12.0. The second kappa shape index (κ2) is 5.23. The van der Waals surface area contributed by atoms with Crippen LogP contribution in [0.25, 0.3) is 0 Å². The van der Waals surface area contributed by atoms with Gasteiger partial charge in [0, 0.05) is 10.0 Å². The third-order valence-electron chi connectivity index (χ3n) is 3.06. The maximum Gasteiger partial charge on any atom is 0.264 e. The fourth-order valence-electron chi connectivity index (χ4n) is 2.23. The summed E-state index contributed by atoms with van der Waals surface area (Å²) in [5.74, 6) is 0.266. The largest absolute Gasteiger partial charge is 0.317 e. The Bertz CT molecular complexity index is 362. The van der Waals surface area contributed by atoms with Gasteiger partial charge in [-0.2, -0.15) is 0 Å². The Morgan fingerprint density at radius 3 is 2.56 bits per heavy atom. The molecule has 4 heteroatoms. The lowest BCUT2D eigenvalue weighted by Gasteiger charge is -2.25. The van der Waals surface area contributed by atoms with Crippen LogP contribution in [0, 0.1) is 0 Å². The van der Waals surface area contributed by atoms with Gasteiger partial charge in [0.25, 0.3) is 6.43 Å². The fourth-order valence-corrected chi connectivity index (χ4v) is 2.61. The molecule has 1 aromatic carbocycles. The number of halogens is 3. The zero-order valence-corrected chi connectivity index (χ0v) is 10.4. The maximum absolute atomic E-state index is 12.9. The Morgan fingerprint density at radius 1 is 1.25 bits per heavy atom. The summed E-state index contributed by atoms with van der Waals surface area (Å²) in [4.78, 5) is 0. The van der Waals surface area contributed by atoms with Crippen LogP contribution >= 0.6 is 15.9 Å². The van der Waals surface area contributed by atoms with Gasteiger partial charge in [0.05, 0.1) is 0 Å². The molecular weight excluding hydrogens is 276 g/mol. The molecule has 0 aromatic heterocycles. The molecule has 1 saturated heterocycles. The van der Waals surface area contributed by atoms with Crippen molar-refractivity contribution in [3.05, 3.63) is 33.8 Å². The fraction of sp³-hybridized carbons (Fsp3) is 0.500. The van der Waals surface area contributed by atoms with Gasteiger partial charge in [-0.3, -0.25) is 0 Å². The van der Waals surface area contributed by atoms with Gasteiger partial charge in [0.2, 0.25) is 0 Å². The molecule has 1 aromatic rings. The van der Waals surface area contributed by atoms with Crippen molar-refractivity contribution in [1.29, 1.82) is 0 Å². The molecule has 1 aliphatic rings. The van der Waals surface area contributed by atoms with Crippen molar-refractivity contribution >= 4 is 15.9 Å². The lowest BCUT2D eigenvalue weighted by atomic mass is 9.87. The van der Waals surface area contributed by atoms with Gasteiger partial charge in [0.15, 0.2) is 0 Å². The molecule has 0 radical (unpaired) electrons. The quantitative estimate of drug-likeness (QED) is 0.872. The van der Waals surface area contributed by atoms with Crippen LogP contribution in [0.2, 0.25) is 0 Å². The second-order valence-corrected chi connectivity index (χ2v) is 5.01. The van der Waals surface area contributed by atoms with Crippen LogP contribution in [0.4, 0.5) is 8.78 Å². The van der Waals surface area contributed by atoms with Crippen molar-refractivity contribution in [1.82, 2.24) is 5.32 Å². The molecular formula is C12H14BrF2N. The first-order valence-electron chi connectivity index (χ1n) is 5.46. The minimum Gasteiger partial charge on any atom is -0.317 e. The molecule has 1 N–H and O–H groups in total. The van der Waals surface area contributed by atoms with Gasteiger partial charge >= 0.3 is 0 Å². The van der Waals surface area contributed by atoms with Crippen LogP contribution < -0.4 is 5.32 Å². The Labute approximate surface area is 102 Å². The predicted molar refractivity (Wildman–Crippen MR) is 63.9 cm³/mol. The molecule has 88 valence electrons. The van der Waals surface area contributed by atoms with Crippen LogP contribution in [0.1, 0.15) is 36.3 Å². The summed E-state index contributed by atoms with van der Waals surface area (Å²) >= 11 is 3.35. The van der Waals surface area contributed by atoms with Gasteiger partial charge in [-0.25, -0.2) is 8.78 Å². The van der Waals surface area contributed by atoms with Crippen LogP contribution in [-0.4, -0.2) is 13.1 Å². The van der Waals surface area contributed by atoms with Crippen molar-refractivity contribution in [3.8, 4) is 0 Å². The minimum atomic E-state index is -2.38. The van der Waals surface area contributed by atoms with E-state index in [1.54, 1.807) is 6.07 Å². The third kappa shape index (κ3) is 2.61. The Morgan fingerprint density at radius 2 is 1.94 bits per heavy atom. The second-order valence-electron chi connectivity index (χ2n) is 4.10. The van der Waals surface area contributed by atoms with Crippen molar-refractivity contribution < 1.29 is 8.78 Å². The van der Waals surface area contributed by atoms with Gasteiger partial charge in [-0.15, -0.1) is 0 Å². The lowest BCUT2D eigenvalue weighted by molar-refractivity contribution is 0.149. The first-order chi connectivity index (χ1) is 7.68. The molecule has 0 unspecified atom stereocenters. The van der Waals surface area contributed by atoms with Crippen molar-refractivity contribution in [2.75, 3.05) is 13.1 Å². The Hall–Kier alpha value is -0.480. The van der Waals surface area contributed by atoms with E-state index in [-0.39, 0.29) is 11.5 Å². The van der Waals surface area contributed by atoms with E-state index >= 15 is 0 Å². The summed E-state index contributed by atoms with van der Waals surface area (Å²) in [6.45, 7) is 1.83. The van der Waals surface area contributed by atoms with Crippen molar-refractivity contribution in [2.45, 2.75) is 25.2 Å². The maximum atomic E-state index is 12.9. The Kier molecular flexibility index (Phi) is 3.92. The molecule has 0 aliphatic carbocycles. The van der Waals surface area contributed by atoms with Gasteiger partial charge < -0.3 is 5.32 Å². The summed E-state index contributed by atoms with van der Waals surface area (Å²) < 4.78 is 26.6. The zero-order valence-electron chi connectivity index (χ0n) is 8.85. The number of nitrogens with one attached hydrogen (secondary N) is 1. The predicted octanol–water partition coefficient (Wildman–Crippen LogP) is 3.85. The van der Waals surface area contributed by atoms with E-state index in [2.05, 4.69) is 21.2 Å². The Balaban J connectivity index is 2.32. The summed E-state index contributed by atoms with van der Waals surface area (Å²) in [5.41, 5.74) is 1.00. The van der Waals surface area contributed by atoms with E-state index in [0.717, 1.165) is 36.0 Å². The number of alkyl halides is 2. The van der Waals surface area contributed by atoms with Crippen LogP contribution in [-0.2, 0) is 0 Å². The summed E-state index contributed by atoms with van der Waals surface area (Å²) in [7, 11) is 0. The minimum absolute atomic E-state index is 0.190. The SMILES string of the molecule is FC(F)c1ccc(Br)cc1C1CCNCC1. The summed E-state index contributed by atoms with van der Waals surface area (Å²) in [6.07, 6.45) is -0.496. The molecule has 1 nitrogen and oxygen atoms in total. The standard InChI is InChI=1S/C12H14BrF2N/c13-9-1-2-10(12(14)15)11(7-9)8-3-5-16-6-4-8/h1-2,7-8,12,16H,3-6H2. The van der Waals surface area contributed by atoms with E-state index in [1.165, 1.54) is 6.07 Å². The highest BCUT2D eigenvalue weighted by atomic mass is 79.9. The summed E-state index contributed by atoms with van der Waals surface area (Å²) in [6, 6.07) is 5.07. The monoisotopic (exact) mass is 289 g/mol. The number of hydrogen-bond acceptors (Lipinski definition) is 1. The molecule has 0 spiro atoms. The number of piperidine rings is 1. The third-order valence-corrected chi connectivity index (χ3v) is 3.56. The highest BCUT2D eigenvalue weighted by Gasteiger charge is 2.22. The number of hydrogen-bond donors (Lipinski definition) is 1. The van der Waals surface area contributed by atoms with E-state index in [1.807, 2.05) is 6.07 Å². The normalized spacial score (nSPS) is 18.0. The van der Waals surface area contributed by atoms with E-state index in [9.17, 15) is 8.78 Å². The summed E-state index contributed by atoms with van der Waals surface area (Å²) in [5, 5.41) is 3.25. The average Bonchev–Trinajstić information content (AvgIpc) is 2.29. The molecule has 0 amide bonds. The average molecular weight is 290 g/mol. The highest BCUT2D eigenvalue weighted by Crippen LogP contribution is 2.34. The molecule has 1 heterocycles. The highest BCUT2D eigenvalue weighted by molar-refractivity contribution is 9.10. The van der Waals surface area contributed by atoms with E-state index < -0.39 is 6.43 Å². The van der Waals surface area contributed by atoms with Crippen LogP contribution in [0.3, 0.4) is 0 Å². The molecule has 0 atom stereocenters. The smallest absolute Gasteiger partial charge is 0.264 e. The molecule has 16 heavy (non-hydrogen) atoms. The van der Waals surface area contributed by atoms with Gasteiger partial charge in [0.1, 0.15) is 0 Å². The first-order valence-corrected chi connectivity index (χ1v) is 6.26. The molecule has 0 bridgehead atoms. The lowest BCUT2D eigenvalue weighted by Crippen LogP contribution is -2.27. The van der Waals surface area contributed by atoms with Gasteiger partial charge in [-0.1, -0.05) is 22.0 Å². The van der Waals surface area contributed by atoms with Crippen LogP contribution in [0.5, 0.6) is 0 Å². The van der Waals surface area contributed by atoms with E-state index in [0.29, 0.717) is 0 Å². The van der Waals surface area contributed by atoms with Gasteiger partial charge in [-0.05, 0) is 49.5 Å². The topological polar surface area (TPSA) is 12.0 Å². The zero-order chi connectivity index (χ0) is 11.5. The molecule has 1 aliphatic heterocycles. The van der Waals surface area contributed by atoms with Crippen molar-refractivity contribution in [3.63, 3.8) is 0 Å². The number of benzene rings is 1. The number of rotatable bonds is 2. The van der Waals surface area contributed by atoms with Crippen molar-refractivity contribution in [2.24, 2.45) is 0 Å². The molecule has 1 fully saturated rings. The molecule has 2 rings (SSSR count). The van der Waals surface area contributed by atoms with Crippen LogP contribution in [0.15, 0.2) is 22.7 Å².